The highest BCUT2D eigenvalue weighted by Crippen LogP contribution is 2.30. The SMILES string of the molecule is C=CCOC(=O)c1c2ccc(OC(=O)N3CCOCC3)cc2n2ccccc12. The Balaban J connectivity index is 1.71. The van der Waals surface area contributed by atoms with Gasteiger partial charge in [-0.15, -0.1) is 0 Å². The summed E-state index contributed by atoms with van der Waals surface area (Å²) in [4.78, 5) is 26.5. The second-order valence-corrected chi connectivity index (χ2v) is 6.36. The summed E-state index contributed by atoms with van der Waals surface area (Å²) in [5, 5.41) is 0.728. The fraction of sp³-hybridized carbons (Fsp3) is 0.238. The number of pyridine rings is 1. The summed E-state index contributed by atoms with van der Waals surface area (Å²) in [6.45, 7) is 5.74. The Hall–Kier alpha value is -3.32. The van der Waals surface area contributed by atoms with Crippen LogP contribution in [0.2, 0.25) is 0 Å². The topological polar surface area (TPSA) is 69.5 Å². The van der Waals surface area contributed by atoms with Crippen molar-refractivity contribution in [3.8, 4) is 5.75 Å². The molecule has 3 heterocycles. The number of hydrogen-bond acceptors (Lipinski definition) is 5. The molecule has 1 fully saturated rings. The molecular formula is C21H20N2O5. The van der Waals surface area contributed by atoms with Gasteiger partial charge in [0.25, 0.3) is 0 Å². The van der Waals surface area contributed by atoms with Crippen molar-refractivity contribution in [2.75, 3.05) is 32.9 Å². The van der Waals surface area contributed by atoms with Crippen molar-refractivity contribution >= 4 is 28.5 Å². The molecule has 1 aliphatic heterocycles. The molecule has 1 aromatic carbocycles. The Morgan fingerprint density at radius 2 is 1.96 bits per heavy atom. The summed E-state index contributed by atoms with van der Waals surface area (Å²) in [7, 11) is 0. The van der Waals surface area contributed by atoms with Gasteiger partial charge in [-0.25, -0.2) is 9.59 Å². The minimum absolute atomic E-state index is 0.139. The molecule has 0 N–H and O–H groups in total. The van der Waals surface area contributed by atoms with E-state index in [-0.39, 0.29) is 6.61 Å². The molecule has 2 aromatic heterocycles. The molecule has 0 aliphatic carbocycles. The number of nitrogens with zero attached hydrogens (tertiary/aromatic N) is 2. The average Bonchev–Trinajstić information content (AvgIpc) is 3.06. The summed E-state index contributed by atoms with van der Waals surface area (Å²) < 4.78 is 17.9. The lowest BCUT2D eigenvalue weighted by Crippen LogP contribution is -2.42. The number of benzene rings is 1. The number of fused-ring (bicyclic) bond motifs is 3. The molecule has 7 nitrogen and oxygen atoms in total. The van der Waals surface area contributed by atoms with Gasteiger partial charge in [-0.1, -0.05) is 18.7 Å². The molecule has 0 atom stereocenters. The van der Waals surface area contributed by atoms with E-state index in [0.717, 1.165) is 16.4 Å². The van der Waals surface area contributed by atoms with Crippen LogP contribution in [0.5, 0.6) is 5.75 Å². The summed E-state index contributed by atoms with van der Waals surface area (Å²) in [6.07, 6.45) is 2.98. The van der Waals surface area contributed by atoms with Crippen molar-refractivity contribution < 1.29 is 23.8 Å². The van der Waals surface area contributed by atoms with Crippen LogP contribution in [0, 0.1) is 0 Å². The van der Waals surface area contributed by atoms with Crippen LogP contribution < -0.4 is 4.74 Å². The maximum absolute atomic E-state index is 12.6. The first-order valence-electron chi connectivity index (χ1n) is 9.04. The molecule has 0 spiro atoms. The molecule has 28 heavy (non-hydrogen) atoms. The molecule has 1 aliphatic rings. The second-order valence-electron chi connectivity index (χ2n) is 6.36. The predicted octanol–water partition coefficient (Wildman–Crippen LogP) is 3.27. The van der Waals surface area contributed by atoms with Gasteiger partial charge in [0.05, 0.1) is 29.8 Å². The van der Waals surface area contributed by atoms with E-state index in [9.17, 15) is 9.59 Å². The highest BCUT2D eigenvalue weighted by molar-refractivity contribution is 6.12. The molecule has 0 saturated carbocycles. The third-order valence-corrected chi connectivity index (χ3v) is 4.62. The Morgan fingerprint density at radius 1 is 1.14 bits per heavy atom. The molecule has 0 unspecified atom stereocenters. The van der Waals surface area contributed by atoms with E-state index < -0.39 is 12.1 Å². The summed E-state index contributed by atoms with van der Waals surface area (Å²) in [5.41, 5.74) is 1.96. The lowest BCUT2D eigenvalue weighted by molar-refractivity contribution is 0.0416. The van der Waals surface area contributed by atoms with Crippen molar-refractivity contribution in [2.24, 2.45) is 0 Å². The Labute approximate surface area is 161 Å². The first kappa shape index (κ1) is 18.1. The van der Waals surface area contributed by atoms with Gasteiger partial charge in [0.15, 0.2) is 0 Å². The third-order valence-electron chi connectivity index (χ3n) is 4.62. The van der Waals surface area contributed by atoms with Crippen LogP contribution >= 0.6 is 0 Å². The molecular weight excluding hydrogens is 360 g/mol. The number of ether oxygens (including phenoxy) is 3. The molecule has 7 heteroatoms. The van der Waals surface area contributed by atoms with E-state index >= 15 is 0 Å². The molecule has 0 radical (unpaired) electrons. The third kappa shape index (κ3) is 3.32. The Morgan fingerprint density at radius 3 is 2.75 bits per heavy atom. The largest absolute Gasteiger partial charge is 0.458 e. The molecule has 4 rings (SSSR count). The van der Waals surface area contributed by atoms with E-state index in [1.807, 2.05) is 28.8 Å². The predicted molar refractivity (Wildman–Crippen MR) is 104 cm³/mol. The average molecular weight is 380 g/mol. The van der Waals surface area contributed by atoms with Crippen molar-refractivity contribution in [1.29, 1.82) is 0 Å². The van der Waals surface area contributed by atoms with Crippen molar-refractivity contribution in [2.45, 2.75) is 0 Å². The van der Waals surface area contributed by atoms with E-state index in [1.54, 1.807) is 23.1 Å². The van der Waals surface area contributed by atoms with Gasteiger partial charge >= 0.3 is 12.1 Å². The van der Waals surface area contributed by atoms with Gasteiger partial charge in [-0.05, 0) is 24.3 Å². The van der Waals surface area contributed by atoms with Gasteiger partial charge in [0.2, 0.25) is 0 Å². The van der Waals surface area contributed by atoms with Crippen LogP contribution in [0.1, 0.15) is 10.4 Å². The van der Waals surface area contributed by atoms with Crippen LogP contribution in [0.15, 0.2) is 55.3 Å². The normalized spacial score (nSPS) is 14.2. The maximum atomic E-state index is 12.6. The zero-order valence-electron chi connectivity index (χ0n) is 15.3. The van der Waals surface area contributed by atoms with Crippen LogP contribution in [-0.2, 0) is 9.47 Å². The van der Waals surface area contributed by atoms with E-state index in [2.05, 4.69) is 6.58 Å². The van der Waals surface area contributed by atoms with E-state index in [1.165, 1.54) is 6.08 Å². The molecule has 144 valence electrons. The summed E-state index contributed by atoms with van der Waals surface area (Å²) in [5.74, 6) is -0.00471. The monoisotopic (exact) mass is 380 g/mol. The highest BCUT2D eigenvalue weighted by Gasteiger charge is 2.22. The number of carbonyl (C=O) groups is 2. The number of esters is 1. The minimum Gasteiger partial charge on any atom is -0.458 e. The number of morpholine rings is 1. The fourth-order valence-electron chi connectivity index (χ4n) is 3.31. The Kier molecular flexibility index (Phi) is 4.99. The van der Waals surface area contributed by atoms with Crippen LogP contribution in [0.4, 0.5) is 4.79 Å². The van der Waals surface area contributed by atoms with Gasteiger partial charge < -0.3 is 23.5 Å². The molecule has 1 saturated heterocycles. The standard InChI is InChI=1S/C21H20N2O5/c1-2-11-27-20(24)19-16-7-6-15(28-21(25)22-9-12-26-13-10-22)14-18(16)23-8-4-3-5-17(19)23/h2-8,14H,1,9-13H2. The first-order chi connectivity index (χ1) is 13.7. The van der Waals surface area contributed by atoms with Gasteiger partial charge in [-0.3, -0.25) is 0 Å². The smallest absolute Gasteiger partial charge is 0.415 e. The molecule has 0 bridgehead atoms. The maximum Gasteiger partial charge on any atom is 0.415 e. The molecule has 1 amide bonds. The lowest BCUT2D eigenvalue weighted by atomic mass is 10.1. The number of rotatable bonds is 4. The molecule has 3 aromatic rings. The van der Waals surface area contributed by atoms with Crippen molar-refractivity contribution in [3.63, 3.8) is 0 Å². The quantitative estimate of drug-likeness (QED) is 0.513. The van der Waals surface area contributed by atoms with Gasteiger partial charge in [0.1, 0.15) is 12.4 Å². The highest BCUT2D eigenvalue weighted by atomic mass is 16.6. The number of hydrogen-bond donors (Lipinski definition) is 0. The number of carbonyl (C=O) groups excluding carboxylic acids is 2. The number of amides is 1. The van der Waals surface area contributed by atoms with Gasteiger partial charge in [0, 0.05) is 30.7 Å². The zero-order valence-corrected chi connectivity index (χ0v) is 15.3. The first-order valence-corrected chi connectivity index (χ1v) is 9.04. The van der Waals surface area contributed by atoms with Crippen LogP contribution in [0.3, 0.4) is 0 Å². The summed E-state index contributed by atoms with van der Waals surface area (Å²) in [6, 6.07) is 10.8. The van der Waals surface area contributed by atoms with Crippen LogP contribution in [-0.4, -0.2) is 54.3 Å². The van der Waals surface area contributed by atoms with Crippen LogP contribution in [0.25, 0.3) is 16.4 Å². The van der Waals surface area contributed by atoms with E-state index in [4.69, 9.17) is 14.2 Å². The van der Waals surface area contributed by atoms with E-state index in [0.29, 0.717) is 37.6 Å². The van der Waals surface area contributed by atoms with Crippen molar-refractivity contribution in [1.82, 2.24) is 9.30 Å². The lowest BCUT2D eigenvalue weighted by Gasteiger charge is -2.25. The minimum atomic E-state index is -0.420. The second kappa shape index (κ2) is 7.74. The van der Waals surface area contributed by atoms with Gasteiger partial charge in [-0.2, -0.15) is 0 Å². The Bertz CT molecular complexity index is 1050. The fourth-order valence-corrected chi connectivity index (χ4v) is 3.31. The summed E-state index contributed by atoms with van der Waals surface area (Å²) >= 11 is 0. The van der Waals surface area contributed by atoms with Crippen molar-refractivity contribution in [3.05, 3.63) is 60.8 Å². The number of aromatic nitrogens is 1. The zero-order chi connectivity index (χ0) is 19.5.